The molecule has 3 aromatic rings. The van der Waals surface area contributed by atoms with Crippen molar-refractivity contribution < 1.29 is 13.7 Å². The summed E-state index contributed by atoms with van der Waals surface area (Å²) in [6, 6.07) is 1.78. The number of aromatic amines is 1. The number of aromatic nitrogens is 4. The average Bonchev–Trinajstić information content (AvgIpc) is 3.15. The molecule has 0 aromatic carbocycles. The Labute approximate surface area is 191 Å². The van der Waals surface area contributed by atoms with Crippen molar-refractivity contribution in [1.29, 1.82) is 0 Å². The number of anilines is 1. The van der Waals surface area contributed by atoms with E-state index in [1.165, 1.54) is 6.20 Å². The number of likely N-dealkylation sites (N-methyl/N-ethyl adjacent to an activating group) is 1. The Morgan fingerprint density at radius 1 is 1.34 bits per heavy atom. The first-order valence-corrected chi connectivity index (χ1v) is 11.0. The first kappa shape index (κ1) is 22.4. The van der Waals surface area contributed by atoms with E-state index in [1.807, 2.05) is 26.0 Å². The fourth-order valence-electron chi connectivity index (χ4n) is 3.99. The first-order valence-electron chi connectivity index (χ1n) is 10.7. The minimum atomic E-state index is -0.515. The molecular weight excluding hydrogens is 433 g/mol. The lowest BCUT2D eigenvalue weighted by molar-refractivity contribution is -0.862. The number of nitrogens with one attached hydrogen (secondary N) is 2. The topological polar surface area (TPSA) is 86.8 Å². The van der Waals surface area contributed by atoms with E-state index in [4.69, 9.17) is 11.6 Å². The highest BCUT2D eigenvalue weighted by atomic mass is 35.5. The Balaban J connectivity index is 1.46. The molecule has 170 valence electrons. The molecule has 1 amide bonds. The molecule has 1 unspecified atom stereocenters. The number of H-pyrrole nitrogens is 1. The molecule has 0 spiro atoms. The lowest BCUT2D eigenvalue weighted by atomic mass is 9.98. The molecule has 0 bridgehead atoms. The quantitative estimate of drug-likeness (QED) is 0.552. The van der Waals surface area contributed by atoms with E-state index in [-0.39, 0.29) is 17.6 Å². The number of quaternary nitrogens is 1. The van der Waals surface area contributed by atoms with Crippen LogP contribution < -0.4 is 5.32 Å². The standard InChI is InChI=1S/C22H28ClFN7O/c1-31(2,3)13-19(32)30-6-4-5-14(12-30)8-25-22-18(24)11-28-21(29-22)17-10-27-20-16(17)7-15(23)9-26-20/h7,9-11,14H,4-6,8,12-13H2,1-3H3,(H,26,27)(H,25,28,29)/q+1. The maximum absolute atomic E-state index is 14.4. The van der Waals surface area contributed by atoms with Crippen LogP contribution in [0.15, 0.2) is 24.7 Å². The number of hydrogen-bond acceptors (Lipinski definition) is 5. The molecule has 32 heavy (non-hydrogen) atoms. The van der Waals surface area contributed by atoms with Crippen molar-refractivity contribution in [3.63, 3.8) is 0 Å². The number of amides is 1. The van der Waals surface area contributed by atoms with E-state index in [1.54, 1.807) is 18.5 Å². The highest BCUT2D eigenvalue weighted by Crippen LogP contribution is 2.28. The average molecular weight is 461 g/mol. The summed E-state index contributed by atoms with van der Waals surface area (Å²) in [4.78, 5) is 30.4. The number of carbonyl (C=O) groups excluding carboxylic acids is 1. The Hall–Kier alpha value is -2.78. The summed E-state index contributed by atoms with van der Waals surface area (Å²) in [6.45, 7) is 2.44. The van der Waals surface area contributed by atoms with Gasteiger partial charge in [0.1, 0.15) is 5.65 Å². The van der Waals surface area contributed by atoms with Gasteiger partial charge < -0.3 is 19.7 Å². The summed E-state index contributed by atoms with van der Waals surface area (Å²) in [5.41, 5.74) is 1.36. The molecule has 1 fully saturated rings. The zero-order valence-corrected chi connectivity index (χ0v) is 19.3. The SMILES string of the molecule is C[N+](C)(C)CC(=O)N1CCCC(CNc2nc(-c3c[nH]c4ncc(Cl)cc34)ncc2F)C1. The fraction of sp³-hybridized carbons (Fsp3) is 0.455. The van der Waals surface area contributed by atoms with Gasteiger partial charge in [0.05, 0.1) is 32.4 Å². The predicted octanol–water partition coefficient (Wildman–Crippen LogP) is 3.17. The molecular formula is C22H28ClFN7O+. The van der Waals surface area contributed by atoms with Crippen LogP contribution in [0, 0.1) is 11.7 Å². The van der Waals surface area contributed by atoms with Crippen molar-refractivity contribution in [2.45, 2.75) is 12.8 Å². The summed E-state index contributed by atoms with van der Waals surface area (Å²) >= 11 is 6.08. The summed E-state index contributed by atoms with van der Waals surface area (Å²) in [7, 11) is 6.02. The summed E-state index contributed by atoms with van der Waals surface area (Å²) in [5, 5.41) is 4.40. The van der Waals surface area contributed by atoms with Gasteiger partial charge in [0.2, 0.25) is 0 Å². The molecule has 0 saturated carbocycles. The van der Waals surface area contributed by atoms with Crippen LogP contribution in [0.5, 0.6) is 0 Å². The molecule has 0 aliphatic carbocycles. The second-order valence-electron chi connectivity index (χ2n) is 9.32. The number of hydrogen-bond donors (Lipinski definition) is 2. The van der Waals surface area contributed by atoms with Gasteiger partial charge in [-0.15, -0.1) is 0 Å². The molecule has 1 atom stereocenters. The van der Waals surface area contributed by atoms with Gasteiger partial charge in [-0.1, -0.05) is 11.6 Å². The van der Waals surface area contributed by atoms with E-state index >= 15 is 0 Å². The Morgan fingerprint density at radius 3 is 2.94 bits per heavy atom. The molecule has 10 heteroatoms. The van der Waals surface area contributed by atoms with Gasteiger partial charge in [-0.3, -0.25) is 4.79 Å². The van der Waals surface area contributed by atoms with Crippen molar-refractivity contribution in [1.82, 2.24) is 24.8 Å². The first-order chi connectivity index (χ1) is 15.2. The van der Waals surface area contributed by atoms with E-state index in [0.717, 1.165) is 24.8 Å². The molecule has 3 aromatic heterocycles. The molecule has 4 rings (SSSR count). The molecule has 0 radical (unpaired) electrons. The van der Waals surface area contributed by atoms with Gasteiger partial charge in [0, 0.05) is 43.0 Å². The van der Waals surface area contributed by atoms with Crippen molar-refractivity contribution in [2.75, 3.05) is 52.6 Å². The van der Waals surface area contributed by atoms with Crippen LogP contribution in [0.3, 0.4) is 0 Å². The third kappa shape index (κ3) is 5.16. The number of carbonyl (C=O) groups is 1. The van der Waals surface area contributed by atoms with Crippen LogP contribution in [0.25, 0.3) is 22.4 Å². The van der Waals surface area contributed by atoms with Gasteiger partial charge in [0.15, 0.2) is 24.0 Å². The number of rotatable bonds is 6. The number of nitrogens with zero attached hydrogens (tertiary/aromatic N) is 5. The Kier molecular flexibility index (Phi) is 6.30. The van der Waals surface area contributed by atoms with Crippen LogP contribution in [0.4, 0.5) is 10.2 Å². The molecule has 1 aliphatic rings. The van der Waals surface area contributed by atoms with E-state index in [2.05, 4.69) is 25.3 Å². The Bertz CT molecular complexity index is 1130. The number of halogens is 2. The highest BCUT2D eigenvalue weighted by molar-refractivity contribution is 6.31. The lowest BCUT2D eigenvalue weighted by Gasteiger charge is -2.34. The number of piperidine rings is 1. The maximum atomic E-state index is 14.4. The summed E-state index contributed by atoms with van der Waals surface area (Å²) < 4.78 is 15.0. The predicted molar refractivity (Wildman–Crippen MR) is 123 cm³/mol. The molecule has 8 nitrogen and oxygen atoms in total. The van der Waals surface area contributed by atoms with Crippen LogP contribution in [0.1, 0.15) is 12.8 Å². The second-order valence-corrected chi connectivity index (χ2v) is 9.76. The monoisotopic (exact) mass is 460 g/mol. The second kappa shape index (κ2) is 8.99. The van der Waals surface area contributed by atoms with Gasteiger partial charge >= 0.3 is 0 Å². The molecule has 1 aliphatic heterocycles. The lowest BCUT2D eigenvalue weighted by Crippen LogP contribution is -2.49. The minimum absolute atomic E-state index is 0.147. The maximum Gasteiger partial charge on any atom is 0.277 e. The number of likely N-dealkylation sites (tertiary alicyclic amines) is 1. The van der Waals surface area contributed by atoms with Crippen molar-refractivity contribution in [2.24, 2.45) is 5.92 Å². The zero-order valence-electron chi connectivity index (χ0n) is 18.5. The molecule has 2 N–H and O–H groups in total. The van der Waals surface area contributed by atoms with Crippen LogP contribution in [-0.2, 0) is 4.79 Å². The van der Waals surface area contributed by atoms with Gasteiger partial charge in [-0.2, -0.15) is 0 Å². The number of fused-ring (bicyclic) bond motifs is 1. The van der Waals surface area contributed by atoms with E-state index < -0.39 is 5.82 Å². The van der Waals surface area contributed by atoms with Gasteiger partial charge in [0.25, 0.3) is 5.91 Å². The zero-order chi connectivity index (χ0) is 22.9. The van der Waals surface area contributed by atoms with Crippen molar-refractivity contribution in [3.8, 4) is 11.4 Å². The molecule has 4 heterocycles. The van der Waals surface area contributed by atoms with Crippen LogP contribution >= 0.6 is 11.6 Å². The summed E-state index contributed by atoms with van der Waals surface area (Å²) in [5.74, 6) is 0.402. The Morgan fingerprint density at radius 2 is 2.16 bits per heavy atom. The smallest absolute Gasteiger partial charge is 0.277 e. The largest absolute Gasteiger partial charge is 0.367 e. The molecule has 1 saturated heterocycles. The van der Waals surface area contributed by atoms with Crippen LogP contribution in [-0.4, -0.2) is 82.5 Å². The fourth-order valence-corrected chi connectivity index (χ4v) is 4.15. The van der Waals surface area contributed by atoms with Crippen molar-refractivity contribution in [3.05, 3.63) is 35.5 Å². The van der Waals surface area contributed by atoms with Crippen LogP contribution in [0.2, 0.25) is 5.02 Å². The highest BCUT2D eigenvalue weighted by Gasteiger charge is 2.27. The third-order valence-electron chi connectivity index (χ3n) is 5.52. The van der Waals surface area contributed by atoms with Crippen molar-refractivity contribution >= 4 is 34.4 Å². The van der Waals surface area contributed by atoms with Gasteiger partial charge in [-0.05, 0) is 24.8 Å². The normalized spacial score (nSPS) is 17.0. The third-order valence-corrected chi connectivity index (χ3v) is 5.73. The summed E-state index contributed by atoms with van der Waals surface area (Å²) in [6.07, 6.45) is 6.38. The minimum Gasteiger partial charge on any atom is -0.367 e. The van der Waals surface area contributed by atoms with E-state index in [9.17, 15) is 9.18 Å². The number of pyridine rings is 1. The van der Waals surface area contributed by atoms with E-state index in [0.29, 0.717) is 46.2 Å². The van der Waals surface area contributed by atoms with Gasteiger partial charge in [-0.25, -0.2) is 19.3 Å².